The summed E-state index contributed by atoms with van der Waals surface area (Å²) in [6.07, 6.45) is 1.36. The largest absolute Gasteiger partial charge is 0.496 e. The molecule has 90 valence electrons. The molecule has 1 aromatic rings. The summed E-state index contributed by atoms with van der Waals surface area (Å²) in [7, 11) is 1.67. The highest BCUT2D eigenvalue weighted by Crippen LogP contribution is 2.42. The summed E-state index contributed by atoms with van der Waals surface area (Å²) in [6.45, 7) is 1.34. The highest BCUT2D eigenvalue weighted by atomic mass is 79.9. The van der Waals surface area contributed by atoms with E-state index in [-0.39, 0.29) is 5.41 Å². The van der Waals surface area contributed by atoms with E-state index in [1.165, 1.54) is 0 Å². The van der Waals surface area contributed by atoms with Gasteiger partial charge < -0.3 is 9.47 Å². The molecule has 17 heavy (non-hydrogen) atoms. The maximum Gasteiger partial charge on any atom is 0.122 e. The summed E-state index contributed by atoms with van der Waals surface area (Å²) in [5.74, 6) is 0.870. The van der Waals surface area contributed by atoms with E-state index in [0.717, 1.165) is 22.2 Å². The predicted molar refractivity (Wildman–Crippen MR) is 68.0 cm³/mol. The maximum atomic E-state index is 8.75. The summed E-state index contributed by atoms with van der Waals surface area (Å²) in [5.41, 5.74) is 1.08. The maximum absolute atomic E-state index is 8.75. The number of methoxy groups -OCH3 is 1. The van der Waals surface area contributed by atoms with Gasteiger partial charge in [-0.2, -0.15) is 5.26 Å². The van der Waals surface area contributed by atoms with E-state index in [0.29, 0.717) is 19.6 Å². The summed E-state index contributed by atoms with van der Waals surface area (Å²) < 4.78 is 11.8. The second kappa shape index (κ2) is 5.07. The van der Waals surface area contributed by atoms with Gasteiger partial charge in [-0.1, -0.05) is 15.9 Å². The Bertz CT molecular complexity index is 449. The van der Waals surface area contributed by atoms with Gasteiger partial charge >= 0.3 is 0 Å². The number of halogens is 1. The van der Waals surface area contributed by atoms with Gasteiger partial charge in [0.1, 0.15) is 5.75 Å². The van der Waals surface area contributed by atoms with Crippen LogP contribution in [0.4, 0.5) is 0 Å². The molecule has 2 rings (SSSR count). The fourth-order valence-electron chi connectivity index (χ4n) is 2.17. The van der Waals surface area contributed by atoms with Gasteiger partial charge in [0.05, 0.1) is 26.4 Å². The summed E-state index contributed by atoms with van der Waals surface area (Å²) in [6, 6.07) is 8.18. The van der Waals surface area contributed by atoms with Crippen molar-refractivity contribution in [1.82, 2.24) is 0 Å². The zero-order valence-electron chi connectivity index (χ0n) is 9.70. The van der Waals surface area contributed by atoms with Crippen LogP contribution in [0.1, 0.15) is 18.4 Å². The van der Waals surface area contributed by atoms with Crippen LogP contribution in [0.15, 0.2) is 22.7 Å². The van der Waals surface area contributed by atoms with Gasteiger partial charge in [-0.05, 0) is 24.6 Å². The van der Waals surface area contributed by atoms with Crippen LogP contribution in [-0.2, 0) is 10.2 Å². The number of nitrogens with zero attached hydrogens (tertiary/aromatic N) is 1. The zero-order valence-corrected chi connectivity index (χ0v) is 11.3. The highest BCUT2D eigenvalue weighted by Gasteiger charge is 2.41. The van der Waals surface area contributed by atoms with E-state index in [1.807, 2.05) is 12.1 Å². The van der Waals surface area contributed by atoms with Gasteiger partial charge in [0.15, 0.2) is 0 Å². The lowest BCUT2D eigenvalue weighted by Crippen LogP contribution is -2.46. The Labute approximate surface area is 109 Å². The summed E-state index contributed by atoms with van der Waals surface area (Å²) in [4.78, 5) is 0. The normalized spacial score (nSPS) is 17.0. The molecular formula is C13H14BrNO2. The van der Waals surface area contributed by atoms with Crippen LogP contribution in [0.2, 0.25) is 0 Å². The second-order valence-electron chi connectivity index (χ2n) is 4.28. The van der Waals surface area contributed by atoms with E-state index >= 15 is 0 Å². The summed E-state index contributed by atoms with van der Waals surface area (Å²) >= 11 is 3.48. The van der Waals surface area contributed by atoms with Crippen LogP contribution in [-0.4, -0.2) is 20.3 Å². The van der Waals surface area contributed by atoms with Crippen LogP contribution in [0, 0.1) is 11.3 Å². The number of nitriles is 1. The van der Waals surface area contributed by atoms with Crippen molar-refractivity contribution in [3.05, 3.63) is 28.2 Å². The fraction of sp³-hybridized carbons (Fsp3) is 0.462. The molecular weight excluding hydrogens is 282 g/mol. The van der Waals surface area contributed by atoms with Gasteiger partial charge in [0, 0.05) is 21.9 Å². The molecule has 1 heterocycles. The van der Waals surface area contributed by atoms with Crippen molar-refractivity contribution in [2.24, 2.45) is 0 Å². The first-order valence-electron chi connectivity index (χ1n) is 5.50. The van der Waals surface area contributed by atoms with E-state index < -0.39 is 0 Å². The van der Waals surface area contributed by atoms with Crippen molar-refractivity contribution in [3.8, 4) is 11.8 Å². The minimum atomic E-state index is -0.0507. The lowest BCUT2D eigenvalue weighted by molar-refractivity contribution is -0.0646. The van der Waals surface area contributed by atoms with Gasteiger partial charge in [-0.3, -0.25) is 0 Å². The van der Waals surface area contributed by atoms with Crippen LogP contribution < -0.4 is 4.74 Å². The monoisotopic (exact) mass is 295 g/mol. The van der Waals surface area contributed by atoms with Crippen LogP contribution >= 0.6 is 15.9 Å². The van der Waals surface area contributed by atoms with Crippen molar-refractivity contribution in [3.63, 3.8) is 0 Å². The van der Waals surface area contributed by atoms with Crippen LogP contribution in [0.25, 0.3) is 0 Å². The van der Waals surface area contributed by atoms with Crippen molar-refractivity contribution < 1.29 is 9.47 Å². The molecule has 0 saturated carbocycles. The minimum Gasteiger partial charge on any atom is -0.496 e. The van der Waals surface area contributed by atoms with Gasteiger partial charge in [0.25, 0.3) is 0 Å². The Morgan fingerprint density at radius 1 is 1.53 bits per heavy atom. The Hall–Kier alpha value is -1.05. The van der Waals surface area contributed by atoms with E-state index in [9.17, 15) is 0 Å². The molecule has 1 aliphatic rings. The lowest BCUT2D eigenvalue weighted by Gasteiger charge is -2.42. The number of benzene rings is 1. The van der Waals surface area contributed by atoms with Crippen molar-refractivity contribution >= 4 is 15.9 Å². The molecule has 0 aromatic heterocycles. The van der Waals surface area contributed by atoms with Crippen molar-refractivity contribution in [2.45, 2.75) is 18.3 Å². The molecule has 0 spiro atoms. The fourth-order valence-corrected chi connectivity index (χ4v) is 2.53. The lowest BCUT2D eigenvalue weighted by atomic mass is 9.74. The molecule has 1 fully saturated rings. The molecule has 0 bridgehead atoms. The molecule has 0 radical (unpaired) electrons. The first-order chi connectivity index (χ1) is 8.22. The van der Waals surface area contributed by atoms with Crippen LogP contribution in [0.3, 0.4) is 0 Å². The van der Waals surface area contributed by atoms with E-state index in [2.05, 4.69) is 28.1 Å². The van der Waals surface area contributed by atoms with Gasteiger partial charge in [-0.25, -0.2) is 0 Å². The number of hydrogen-bond acceptors (Lipinski definition) is 3. The Morgan fingerprint density at radius 2 is 2.29 bits per heavy atom. The number of hydrogen-bond donors (Lipinski definition) is 0. The molecule has 0 aliphatic carbocycles. The number of rotatable bonds is 4. The molecule has 0 unspecified atom stereocenters. The van der Waals surface area contributed by atoms with Crippen LogP contribution in [0.5, 0.6) is 5.75 Å². The Balaban J connectivity index is 2.36. The SMILES string of the molecule is COc1ccc(Br)cc1C1(CCC#N)COC1. The van der Waals surface area contributed by atoms with Crippen molar-refractivity contribution in [1.29, 1.82) is 5.26 Å². The quantitative estimate of drug-likeness (QED) is 0.857. The van der Waals surface area contributed by atoms with Gasteiger partial charge in [-0.15, -0.1) is 0 Å². The van der Waals surface area contributed by atoms with Crippen molar-refractivity contribution in [2.75, 3.05) is 20.3 Å². The highest BCUT2D eigenvalue weighted by molar-refractivity contribution is 9.10. The average Bonchev–Trinajstić information content (AvgIpc) is 2.28. The minimum absolute atomic E-state index is 0.0507. The van der Waals surface area contributed by atoms with Gasteiger partial charge in [0.2, 0.25) is 0 Å². The first kappa shape index (κ1) is 12.4. The second-order valence-corrected chi connectivity index (χ2v) is 5.19. The molecule has 1 aliphatic heterocycles. The predicted octanol–water partition coefficient (Wildman–Crippen LogP) is 3.03. The molecule has 4 heteroatoms. The topological polar surface area (TPSA) is 42.2 Å². The smallest absolute Gasteiger partial charge is 0.122 e. The third-order valence-corrected chi connectivity index (χ3v) is 3.70. The molecule has 0 amide bonds. The molecule has 0 N–H and O–H groups in total. The standard InChI is InChI=1S/C13H14BrNO2/c1-16-12-4-3-10(14)7-11(12)13(5-2-6-15)8-17-9-13/h3-4,7H,2,5,8-9H2,1H3. The molecule has 0 atom stereocenters. The van der Waals surface area contributed by atoms with E-state index in [4.69, 9.17) is 14.7 Å². The molecule has 1 aromatic carbocycles. The Kier molecular flexibility index (Phi) is 3.70. The third kappa shape index (κ3) is 2.31. The first-order valence-corrected chi connectivity index (χ1v) is 6.30. The number of ether oxygens (including phenoxy) is 2. The molecule has 3 nitrogen and oxygen atoms in total. The van der Waals surface area contributed by atoms with E-state index in [1.54, 1.807) is 7.11 Å². The molecule has 1 saturated heterocycles. The summed E-state index contributed by atoms with van der Waals surface area (Å²) in [5, 5.41) is 8.75. The Morgan fingerprint density at radius 3 is 2.82 bits per heavy atom. The zero-order chi connectivity index (χ0) is 12.3. The average molecular weight is 296 g/mol. The third-order valence-electron chi connectivity index (χ3n) is 3.20.